The highest BCUT2D eigenvalue weighted by atomic mass is 35.5. The Morgan fingerprint density at radius 3 is 2.74 bits per heavy atom. The van der Waals surface area contributed by atoms with E-state index in [9.17, 15) is 14.3 Å². The minimum Gasteiger partial charge on any atom is -0.507 e. The molecule has 19 heavy (non-hydrogen) atoms. The van der Waals surface area contributed by atoms with Crippen LogP contribution >= 0.6 is 11.6 Å². The fourth-order valence-corrected chi connectivity index (χ4v) is 2.05. The van der Waals surface area contributed by atoms with Gasteiger partial charge < -0.3 is 5.11 Å². The predicted molar refractivity (Wildman–Crippen MR) is 72.3 cm³/mol. The van der Waals surface area contributed by atoms with Crippen LogP contribution in [0.1, 0.15) is 21.5 Å². The second kappa shape index (κ2) is 5.41. The molecule has 2 rings (SSSR count). The number of carbonyl (C=O) groups is 1. The van der Waals surface area contributed by atoms with Crippen LogP contribution < -0.4 is 0 Å². The highest BCUT2D eigenvalue weighted by Crippen LogP contribution is 2.25. The minimum absolute atomic E-state index is 0.0225. The number of hydrogen-bond acceptors (Lipinski definition) is 2. The van der Waals surface area contributed by atoms with Crippen molar-refractivity contribution in [2.45, 2.75) is 13.3 Å². The molecule has 0 aliphatic carbocycles. The van der Waals surface area contributed by atoms with E-state index in [1.54, 1.807) is 25.1 Å². The monoisotopic (exact) mass is 278 g/mol. The van der Waals surface area contributed by atoms with Gasteiger partial charge in [-0.25, -0.2) is 4.39 Å². The van der Waals surface area contributed by atoms with Gasteiger partial charge in [-0.3, -0.25) is 4.79 Å². The fraction of sp³-hybridized carbons (Fsp3) is 0.133. The number of aromatic hydroxyl groups is 1. The number of carbonyl (C=O) groups excluding carboxylic acids is 1. The molecule has 0 aromatic heterocycles. The molecule has 0 saturated carbocycles. The van der Waals surface area contributed by atoms with Crippen molar-refractivity contribution in [1.82, 2.24) is 0 Å². The fourth-order valence-electron chi connectivity index (χ4n) is 1.82. The van der Waals surface area contributed by atoms with Gasteiger partial charge in [-0.1, -0.05) is 29.8 Å². The number of halogens is 2. The van der Waals surface area contributed by atoms with E-state index in [0.29, 0.717) is 11.1 Å². The molecule has 0 heterocycles. The number of hydrogen-bond donors (Lipinski definition) is 1. The van der Waals surface area contributed by atoms with Crippen LogP contribution in [0.5, 0.6) is 5.75 Å². The number of phenols is 1. The van der Waals surface area contributed by atoms with Crippen molar-refractivity contribution >= 4 is 17.4 Å². The Morgan fingerprint density at radius 2 is 2.05 bits per heavy atom. The summed E-state index contributed by atoms with van der Waals surface area (Å²) in [6, 6.07) is 8.88. The second-order valence-electron chi connectivity index (χ2n) is 4.31. The summed E-state index contributed by atoms with van der Waals surface area (Å²) in [7, 11) is 0. The normalized spacial score (nSPS) is 10.5. The number of phenolic OH excluding ortho intramolecular Hbond substituents is 1. The number of aryl methyl sites for hydroxylation is 1. The van der Waals surface area contributed by atoms with Gasteiger partial charge in [-0.15, -0.1) is 0 Å². The van der Waals surface area contributed by atoms with E-state index in [2.05, 4.69) is 0 Å². The molecule has 0 bridgehead atoms. The summed E-state index contributed by atoms with van der Waals surface area (Å²) >= 11 is 5.88. The van der Waals surface area contributed by atoms with Crippen LogP contribution in [0.4, 0.5) is 4.39 Å². The summed E-state index contributed by atoms with van der Waals surface area (Å²) in [6.45, 7) is 1.72. The molecule has 4 heteroatoms. The van der Waals surface area contributed by atoms with Gasteiger partial charge in [0.25, 0.3) is 0 Å². The number of para-hydroxylation sites is 1. The average Bonchev–Trinajstić information content (AvgIpc) is 2.36. The maximum Gasteiger partial charge on any atom is 0.171 e. The van der Waals surface area contributed by atoms with Gasteiger partial charge in [0.15, 0.2) is 5.78 Å². The minimum atomic E-state index is -0.445. The molecular formula is C15H12ClFO2. The number of ketones is 1. The third-order valence-corrected chi connectivity index (χ3v) is 3.26. The van der Waals surface area contributed by atoms with Crippen LogP contribution in [0.3, 0.4) is 0 Å². The SMILES string of the molecule is Cc1cccc(C(=O)Cc2ccc(F)cc2Cl)c1O. The zero-order chi connectivity index (χ0) is 14.0. The average molecular weight is 279 g/mol. The van der Waals surface area contributed by atoms with Crippen LogP contribution in [0.25, 0.3) is 0 Å². The second-order valence-corrected chi connectivity index (χ2v) is 4.71. The van der Waals surface area contributed by atoms with Gasteiger partial charge in [0, 0.05) is 11.4 Å². The highest BCUT2D eigenvalue weighted by molar-refractivity contribution is 6.31. The first kappa shape index (κ1) is 13.6. The number of rotatable bonds is 3. The van der Waals surface area contributed by atoms with E-state index in [4.69, 9.17) is 11.6 Å². The van der Waals surface area contributed by atoms with Crippen LogP contribution in [-0.4, -0.2) is 10.9 Å². The summed E-state index contributed by atoms with van der Waals surface area (Å²) in [6.07, 6.45) is 0.0239. The van der Waals surface area contributed by atoms with E-state index in [0.717, 1.165) is 0 Å². The van der Waals surface area contributed by atoms with Crippen molar-refractivity contribution in [3.05, 3.63) is 63.9 Å². The predicted octanol–water partition coefficient (Wildman–Crippen LogP) is 3.92. The van der Waals surface area contributed by atoms with E-state index < -0.39 is 5.82 Å². The molecule has 0 aliphatic heterocycles. The molecule has 2 nitrogen and oxygen atoms in total. The lowest BCUT2D eigenvalue weighted by Gasteiger charge is -2.07. The molecule has 0 saturated heterocycles. The van der Waals surface area contributed by atoms with Crippen molar-refractivity contribution in [3.63, 3.8) is 0 Å². The Labute approximate surface area is 115 Å². The first-order valence-corrected chi connectivity index (χ1v) is 6.12. The van der Waals surface area contributed by atoms with Crippen LogP contribution in [0, 0.1) is 12.7 Å². The van der Waals surface area contributed by atoms with E-state index in [1.807, 2.05) is 0 Å². The molecule has 2 aromatic carbocycles. The molecular weight excluding hydrogens is 267 g/mol. The lowest BCUT2D eigenvalue weighted by molar-refractivity contribution is 0.0990. The van der Waals surface area contributed by atoms with Crippen molar-refractivity contribution < 1.29 is 14.3 Å². The van der Waals surface area contributed by atoms with Crippen molar-refractivity contribution in [2.24, 2.45) is 0 Å². The maximum absolute atomic E-state index is 12.9. The van der Waals surface area contributed by atoms with E-state index in [1.165, 1.54) is 18.2 Å². The smallest absolute Gasteiger partial charge is 0.171 e. The maximum atomic E-state index is 12.9. The number of benzene rings is 2. The topological polar surface area (TPSA) is 37.3 Å². The Morgan fingerprint density at radius 1 is 1.32 bits per heavy atom. The number of Topliss-reactive ketones (excluding diaryl/α,β-unsaturated/α-hetero) is 1. The van der Waals surface area contributed by atoms with Gasteiger partial charge in [-0.2, -0.15) is 0 Å². The molecule has 0 amide bonds. The van der Waals surface area contributed by atoms with Gasteiger partial charge >= 0.3 is 0 Å². The van der Waals surface area contributed by atoms with Crippen LogP contribution in [0.15, 0.2) is 36.4 Å². The largest absolute Gasteiger partial charge is 0.507 e. The molecule has 1 N–H and O–H groups in total. The zero-order valence-electron chi connectivity index (χ0n) is 10.3. The summed E-state index contributed by atoms with van der Waals surface area (Å²) < 4.78 is 12.9. The lowest BCUT2D eigenvalue weighted by Crippen LogP contribution is -2.05. The van der Waals surface area contributed by atoms with Crippen LogP contribution in [-0.2, 0) is 6.42 Å². The van der Waals surface area contributed by atoms with E-state index in [-0.39, 0.29) is 28.5 Å². The molecule has 0 atom stereocenters. The van der Waals surface area contributed by atoms with Crippen molar-refractivity contribution in [3.8, 4) is 5.75 Å². The molecule has 0 radical (unpaired) electrons. The summed E-state index contributed by atoms with van der Waals surface area (Å²) in [4.78, 5) is 12.1. The summed E-state index contributed by atoms with van der Waals surface area (Å²) in [5.74, 6) is -0.722. The molecule has 98 valence electrons. The first-order chi connectivity index (χ1) is 8.99. The molecule has 0 spiro atoms. The third-order valence-electron chi connectivity index (χ3n) is 2.90. The summed E-state index contributed by atoms with van der Waals surface area (Å²) in [5, 5.41) is 10.1. The quantitative estimate of drug-likeness (QED) is 0.864. The highest BCUT2D eigenvalue weighted by Gasteiger charge is 2.14. The Kier molecular flexibility index (Phi) is 3.86. The van der Waals surface area contributed by atoms with Gasteiger partial charge in [-0.05, 0) is 36.2 Å². The molecule has 0 aliphatic rings. The molecule has 0 unspecified atom stereocenters. The van der Waals surface area contributed by atoms with Crippen LogP contribution in [0.2, 0.25) is 5.02 Å². The zero-order valence-corrected chi connectivity index (χ0v) is 11.0. The van der Waals surface area contributed by atoms with Crippen molar-refractivity contribution in [1.29, 1.82) is 0 Å². The van der Waals surface area contributed by atoms with Gasteiger partial charge in [0.1, 0.15) is 11.6 Å². The van der Waals surface area contributed by atoms with Gasteiger partial charge in [0.2, 0.25) is 0 Å². The standard InChI is InChI=1S/C15H12ClFO2/c1-9-3-2-4-12(15(9)19)14(18)7-10-5-6-11(17)8-13(10)16/h2-6,8,19H,7H2,1H3. The summed E-state index contributed by atoms with van der Waals surface area (Å²) in [5.41, 5.74) is 1.42. The molecule has 2 aromatic rings. The first-order valence-electron chi connectivity index (χ1n) is 5.74. The third kappa shape index (κ3) is 2.93. The van der Waals surface area contributed by atoms with Gasteiger partial charge in [0.05, 0.1) is 5.56 Å². The Balaban J connectivity index is 2.28. The Bertz CT molecular complexity index is 638. The lowest BCUT2D eigenvalue weighted by atomic mass is 10.0. The Hall–Kier alpha value is -1.87. The van der Waals surface area contributed by atoms with Crippen molar-refractivity contribution in [2.75, 3.05) is 0 Å². The molecule has 0 fully saturated rings. The van der Waals surface area contributed by atoms with E-state index >= 15 is 0 Å².